The highest BCUT2D eigenvalue weighted by Gasteiger charge is 2.04. The van der Waals surface area contributed by atoms with Crippen LogP contribution in [-0.4, -0.2) is 19.9 Å². The molecule has 0 rings (SSSR count). The van der Waals surface area contributed by atoms with Gasteiger partial charge in [0.2, 0.25) is 10.0 Å². The quantitative estimate of drug-likeness (QED) is 0.600. The van der Waals surface area contributed by atoms with Gasteiger partial charge >= 0.3 is 0 Å². The van der Waals surface area contributed by atoms with E-state index in [-0.39, 0.29) is 12.2 Å². The number of hydrogen-bond acceptors (Lipinski definition) is 3. The molecule has 0 aliphatic carbocycles. The maximum absolute atomic E-state index is 10.4. The molecule has 4 nitrogen and oxygen atoms in total. The molecule has 0 saturated carbocycles. The predicted molar refractivity (Wildman–Crippen MR) is 45.2 cm³/mol. The number of hydrogen-bond donors (Lipinski definition) is 2. The second kappa shape index (κ2) is 4.46. The summed E-state index contributed by atoms with van der Waals surface area (Å²) in [7, 11) is -3.38. The van der Waals surface area contributed by atoms with Crippen molar-refractivity contribution in [3.8, 4) is 0 Å². The minimum Gasteiger partial charge on any atom is -0.310 e. The zero-order chi connectivity index (χ0) is 8.91. The Morgan fingerprint density at radius 1 is 1.45 bits per heavy atom. The van der Waals surface area contributed by atoms with Crippen LogP contribution in [0.1, 0.15) is 26.2 Å². The Kier molecular flexibility index (Phi) is 4.29. The predicted octanol–water partition coefficient (Wildman–Crippen LogP) is 0.485. The molecule has 11 heavy (non-hydrogen) atoms. The summed E-state index contributed by atoms with van der Waals surface area (Å²) in [5, 5.41) is 12.0. The first-order chi connectivity index (χ1) is 4.95. The molecule has 0 aromatic heterocycles. The summed E-state index contributed by atoms with van der Waals surface area (Å²) < 4.78 is 20.8. The van der Waals surface area contributed by atoms with Crippen molar-refractivity contribution in [2.75, 3.05) is 5.75 Å². The molecule has 5 heteroatoms. The van der Waals surface area contributed by atoms with Crippen LogP contribution < -0.4 is 5.14 Å². The summed E-state index contributed by atoms with van der Waals surface area (Å²) in [5.74, 6) is -0.105. The van der Waals surface area contributed by atoms with Gasteiger partial charge in [0.1, 0.15) is 0 Å². The third kappa shape index (κ3) is 7.48. The van der Waals surface area contributed by atoms with Crippen molar-refractivity contribution >= 4 is 15.7 Å². The molecule has 0 saturated heterocycles. The van der Waals surface area contributed by atoms with Gasteiger partial charge in [-0.05, 0) is 6.42 Å². The molecule has 0 heterocycles. The molecule has 3 N–H and O–H groups in total. The van der Waals surface area contributed by atoms with E-state index < -0.39 is 10.0 Å². The average molecular weight is 178 g/mol. The van der Waals surface area contributed by atoms with Crippen molar-refractivity contribution in [3.63, 3.8) is 0 Å². The number of sulfonamides is 1. The third-order valence-corrected chi connectivity index (χ3v) is 2.01. The van der Waals surface area contributed by atoms with Gasteiger partial charge in [-0.15, -0.1) is 0 Å². The molecule has 0 radical (unpaired) electrons. The zero-order valence-corrected chi connectivity index (χ0v) is 7.45. The Labute approximate surface area is 67.3 Å². The highest BCUT2D eigenvalue weighted by molar-refractivity contribution is 7.89. The SMILES string of the molecule is CCCC(=N)CCS(N)(=O)=O. The highest BCUT2D eigenvalue weighted by Crippen LogP contribution is 1.95. The summed E-state index contributed by atoms with van der Waals surface area (Å²) in [6.07, 6.45) is 1.81. The molecule has 0 spiro atoms. The van der Waals surface area contributed by atoms with Crippen molar-refractivity contribution in [2.45, 2.75) is 26.2 Å². The van der Waals surface area contributed by atoms with Gasteiger partial charge in [-0.1, -0.05) is 13.3 Å². The maximum atomic E-state index is 10.4. The number of primary sulfonamides is 1. The lowest BCUT2D eigenvalue weighted by atomic mass is 10.2. The maximum Gasteiger partial charge on any atom is 0.209 e. The van der Waals surface area contributed by atoms with Crippen LogP contribution in [0.2, 0.25) is 0 Å². The minimum absolute atomic E-state index is 0.105. The summed E-state index contributed by atoms with van der Waals surface area (Å²) in [6.45, 7) is 1.95. The number of rotatable bonds is 5. The molecule has 0 aliphatic rings. The molecular weight excluding hydrogens is 164 g/mol. The van der Waals surface area contributed by atoms with Gasteiger partial charge in [-0.3, -0.25) is 0 Å². The Morgan fingerprint density at radius 2 is 2.00 bits per heavy atom. The van der Waals surface area contributed by atoms with Crippen molar-refractivity contribution < 1.29 is 8.42 Å². The Hall–Kier alpha value is -0.420. The van der Waals surface area contributed by atoms with Crippen molar-refractivity contribution in [1.29, 1.82) is 5.41 Å². The molecule has 0 aromatic rings. The van der Waals surface area contributed by atoms with Gasteiger partial charge in [0.25, 0.3) is 0 Å². The van der Waals surface area contributed by atoms with Crippen LogP contribution in [0.5, 0.6) is 0 Å². The third-order valence-electron chi connectivity index (χ3n) is 1.24. The second-order valence-electron chi connectivity index (χ2n) is 2.47. The molecule has 0 atom stereocenters. The van der Waals surface area contributed by atoms with Crippen molar-refractivity contribution in [2.24, 2.45) is 5.14 Å². The Morgan fingerprint density at radius 3 is 2.36 bits per heavy atom. The van der Waals surface area contributed by atoms with Gasteiger partial charge < -0.3 is 5.41 Å². The molecular formula is C6H14N2O2S. The average Bonchev–Trinajstić information content (AvgIpc) is 1.83. The highest BCUT2D eigenvalue weighted by atomic mass is 32.2. The smallest absolute Gasteiger partial charge is 0.209 e. The van der Waals surface area contributed by atoms with E-state index >= 15 is 0 Å². The van der Waals surface area contributed by atoms with Gasteiger partial charge in [0.05, 0.1) is 5.75 Å². The van der Waals surface area contributed by atoms with E-state index in [1.807, 2.05) is 6.92 Å². The summed E-state index contributed by atoms with van der Waals surface area (Å²) in [5.41, 5.74) is 0.460. The molecule has 0 aliphatic heterocycles. The normalized spacial score (nSPS) is 11.5. The van der Waals surface area contributed by atoms with Gasteiger partial charge in [0.15, 0.2) is 0 Å². The lowest BCUT2D eigenvalue weighted by Gasteiger charge is -1.99. The molecule has 0 aromatic carbocycles. The summed E-state index contributed by atoms with van der Waals surface area (Å²) >= 11 is 0. The number of nitrogens with two attached hydrogens (primary N) is 1. The van der Waals surface area contributed by atoms with Crippen molar-refractivity contribution in [1.82, 2.24) is 0 Å². The lowest BCUT2D eigenvalue weighted by Crippen LogP contribution is -2.18. The topological polar surface area (TPSA) is 84.0 Å². The van der Waals surface area contributed by atoms with E-state index in [0.29, 0.717) is 12.1 Å². The Balaban J connectivity index is 3.64. The van der Waals surface area contributed by atoms with Crippen LogP contribution in [0, 0.1) is 5.41 Å². The van der Waals surface area contributed by atoms with Gasteiger partial charge in [0, 0.05) is 12.1 Å². The van der Waals surface area contributed by atoms with E-state index in [9.17, 15) is 8.42 Å². The van der Waals surface area contributed by atoms with E-state index in [0.717, 1.165) is 6.42 Å². The first kappa shape index (κ1) is 10.6. The molecule has 0 amide bonds. The fourth-order valence-corrected chi connectivity index (χ4v) is 1.22. The first-order valence-electron chi connectivity index (χ1n) is 3.52. The first-order valence-corrected chi connectivity index (χ1v) is 5.24. The van der Waals surface area contributed by atoms with Crippen LogP contribution in [0.15, 0.2) is 0 Å². The van der Waals surface area contributed by atoms with Gasteiger partial charge in [-0.2, -0.15) is 0 Å². The largest absolute Gasteiger partial charge is 0.310 e. The summed E-state index contributed by atoms with van der Waals surface area (Å²) in [4.78, 5) is 0. The fourth-order valence-electron chi connectivity index (χ4n) is 0.692. The molecule has 0 fully saturated rings. The fraction of sp³-hybridized carbons (Fsp3) is 0.833. The minimum atomic E-state index is -3.38. The molecule has 66 valence electrons. The van der Waals surface area contributed by atoms with E-state index in [1.54, 1.807) is 0 Å². The van der Waals surface area contributed by atoms with Crippen LogP contribution in [-0.2, 0) is 10.0 Å². The lowest BCUT2D eigenvalue weighted by molar-refractivity contribution is 0.597. The standard InChI is InChI=1S/C6H14N2O2S/c1-2-3-6(7)4-5-11(8,9)10/h7H,2-5H2,1H3,(H2,8,9,10). The van der Waals surface area contributed by atoms with E-state index in [1.165, 1.54) is 0 Å². The van der Waals surface area contributed by atoms with Crippen LogP contribution in [0.4, 0.5) is 0 Å². The second-order valence-corrected chi connectivity index (χ2v) is 4.20. The van der Waals surface area contributed by atoms with Crippen LogP contribution in [0.25, 0.3) is 0 Å². The van der Waals surface area contributed by atoms with E-state index in [4.69, 9.17) is 10.5 Å². The summed E-state index contributed by atoms with van der Waals surface area (Å²) in [6, 6.07) is 0. The van der Waals surface area contributed by atoms with Gasteiger partial charge in [-0.25, -0.2) is 13.6 Å². The van der Waals surface area contributed by atoms with Crippen molar-refractivity contribution in [3.05, 3.63) is 0 Å². The van der Waals surface area contributed by atoms with Crippen LogP contribution in [0.3, 0.4) is 0 Å². The zero-order valence-electron chi connectivity index (χ0n) is 6.63. The monoisotopic (exact) mass is 178 g/mol. The van der Waals surface area contributed by atoms with E-state index in [2.05, 4.69) is 0 Å². The number of nitrogens with one attached hydrogen (secondary N) is 1. The Bertz CT molecular complexity index is 221. The molecule has 0 bridgehead atoms. The van der Waals surface area contributed by atoms with Crippen LogP contribution >= 0.6 is 0 Å². The molecule has 0 unspecified atom stereocenters.